The predicted molar refractivity (Wildman–Crippen MR) is 105 cm³/mol. The number of anilines is 1. The number of hydrazine groups is 1. The summed E-state index contributed by atoms with van der Waals surface area (Å²) in [6.07, 6.45) is 1.78. The number of para-hydroxylation sites is 1. The van der Waals surface area contributed by atoms with Crippen molar-refractivity contribution < 1.29 is 19.5 Å². The van der Waals surface area contributed by atoms with Crippen molar-refractivity contribution in [1.82, 2.24) is 10.9 Å². The van der Waals surface area contributed by atoms with Crippen LogP contribution in [0.5, 0.6) is 0 Å². The van der Waals surface area contributed by atoms with Gasteiger partial charge in [-0.25, -0.2) is 10.3 Å². The first-order valence-electron chi connectivity index (χ1n) is 8.94. The van der Waals surface area contributed by atoms with Crippen LogP contribution in [0.15, 0.2) is 66.2 Å². The number of carbonyl (C=O) groups excluding carboxylic acids is 3. The van der Waals surface area contributed by atoms with E-state index in [9.17, 15) is 19.5 Å². The summed E-state index contributed by atoms with van der Waals surface area (Å²) in [6.45, 7) is -0.186. The second kappa shape index (κ2) is 9.07. The summed E-state index contributed by atoms with van der Waals surface area (Å²) in [6, 6.07) is 17.0. The van der Waals surface area contributed by atoms with Crippen LogP contribution in [0.2, 0.25) is 0 Å². The Morgan fingerprint density at radius 3 is 2.36 bits per heavy atom. The highest BCUT2D eigenvalue weighted by molar-refractivity contribution is 6.22. The van der Waals surface area contributed by atoms with Crippen LogP contribution in [0.3, 0.4) is 0 Å². The molecular weight excluding hydrogens is 358 g/mol. The van der Waals surface area contributed by atoms with Crippen LogP contribution in [0.25, 0.3) is 6.08 Å². The number of aliphatic hydroxyl groups excluding tert-OH is 1. The maximum absolute atomic E-state index is 12.6. The van der Waals surface area contributed by atoms with E-state index >= 15 is 0 Å². The molecule has 1 aliphatic rings. The third-order valence-corrected chi connectivity index (χ3v) is 4.33. The Hall–Kier alpha value is -3.29. The van der Waals surface area contributed by atoms with E-state index in [1.54, 1.807) is 36.4 Å². The predicted octanol–water partition coefficient (Wildman–Crippen LogP) is 1.41. The Balaban J connectivity index is 1.66. The van der Waals surface area contributed by atoms with E-state index in [1.165, 1.54) is 0 Å². The molecule has 1 atom stereocenters. The van der Waals surface area contributed by atoms with E-state index in [1.807, 2.05) is 30.3 Å². The Kier molecular flexibility index (Phi) is 6.31. The third kappa shape index (κ3) is 4.51. The monoisotopic (exact) mass is 379 g/mol. The molecule has 3 N–H and O–H groups in total. The van der Waals surface area contributed by atoms with Gasteiger partial charge in [0.1, 0.15) is 6.04 Å². The zero-order valence-electron chi connectivity index (χ0n) is 15.2. The fraction of sp³-hybridized carbons (Fsp3) is 0.190. The first-order valence-corrected chi connectivity index (χ1v) is 8.94. The van der Waals surface area contributed by atoms with E-state index in [0.717, 1.165) is 10.5 Å². The van der Waals surface area contributed by atoms with Crippen LogP contribution in [-0.2, 0) is 14.4 Å². The summed E-state index contributed by atoms with van der Waals surface area (Å²) < 4.78 is 0. The second-order valence-electron chi connectivity index (χ2n) is 6.31. The quantitative estimate of drug-likeness (QED) is 0.384. The number of benzene rings is 2. The Morgan fingerprint density at radius 1 is 1.07 bits per heavy atom. The molecule has 0 saturated carbocycles. The largest absolute Gasteiger partial charge is 0.396 e. The van der Waals surface area contributed by atoms with Gasteiger partial charge in [0.05, 0.1) is 12.1 Å². The lowest BCUT2D eigenvalue weighted by molar-refractivity contribution is -0.121. The van der Waals surface area contributed by atoms with Crippen molar-refractivity contribution in [3.8, 4) is 0 Å². The van der Waals surface area contributed by atoms with Gasteiger partial charge < -0.3 is 5.11 Å². The number of imide groups is 1. The number of amides is 3. The van der Waals surface area contributed by atoms with Crippen molar-refractivity contribution in [1.29, 1.82) is 0 Å². The van der Waals surface area contributed by atoms with Gasteiger partial charge in [0.25, 0.3) is 11.8 Å². The molecule has 7 heteroatoms. The van der Waals surface area contributed by atoms with E-state index in [2.05, 4.69) is 10.9 Å². The van der Waals surface area contributed by atoms with Crippen molar-refractivity contribution in [2.24, 2.45) is 0 Å². The molecule has 144 valence electrons. The number of hydrogen-bond acceptors (Lipinski definition) is 5. The molecule has 0 bridgehead atoms. The molecule has 1 fully saturated rings. The van der Waals surface area contributed by atoms with Crippen molar-refractivity contribution in [3.05, 3.63) is 71.8 Å². The first-order chi connectivity index (χ1) is 13.6. The Labute approximate surface area is 162 Å². The lowest BCUT2D eigenvalue weighted by atomic mass is 10.1. The molecule has 1 saturated heterocycles. The SMILES string of the molecule is O=C(NNC1CC(=O)N(c2ccccc2)C1=O)/C(=C/c1ccccc1)CCO. The lowest BCUT2D eigenvalue weighted by Crippen LogP contribution is -2.48. The molecular formula is C21H21N3O4. The maximum Gasteiger partial charge on any atom is 0.261 e. The minimum absolute atomic E-state index is 0.0499. The van der Waals surface area contributed by atoms with Gasteiger partial charge in [-0.3, -0.25) is 19.8 Å². The maximum atomic E-state index is 12.6. The minimum atomic E-state index is -0.844. The number of aliphatic hydroxyl groups is 1. The molecule has 0 aromatic heterocycles. The molecule has 1 aliphatic heterocycles. The van der Waals surface area contributed by atoms with Gasteiger partial charge in [-0.05, 0) is 23.8 Å². The van der Waals surface area contributed by atoms with Gasteiger partial charge in [0, 0.05) is 18.6 Å². The summed E-state index contributed by atoms with van der Waals surface area (Å²) in [7, 11) is 0. The summed E-state index contributed by atoms with van der Waals surface area (Å²) in [5.41, 5.74) is 6.82. The van der Waals surface area contributed by atoms with Crippen LogP contribution >= 0.6 is 0 Å². The molecule has 0 radical (unpaired) electrons. The minimum Gasteiger partial charge on any atom is -0.396 e. The topological polar surface area (TPSA) is 98.7 Å². The molecule has 2 aromatic carbocycles. The van der Waals surface area contributed by atoms with Crippen molar-refractivity contribution in [2.75, 3.05) is 11.5 Å². The van der Waals surface area contributed by atoms with Crippen LogP contribution in [0, 0.1) is 0 Å². The molecule has 0 aliphatic carbocycles. The number of nitrogens with zero attached hydrogens (tertiary/aromatic N) is 1. The van der Waals surface area contributed by atoms with Crippen LogP contribution in [0.4, 0.5) is 5.69 Å². The fourth-order valence-corrected chi connectivity index (χ4v) is 2.95. The normalized spacial score (nSPS) is 17.1. The van der Waals surface area contributed by atoms with Crippen molar-refractivity contribution in [2.45, 2.75) is 18.9 Å². The average Bonchev–Trinajstić information content (AvgIpc) is 3.00. The van der Waals surface area contributed by atoms with Gasteiger partial charge in [-0.2, -0.15) is 0 Å². The molecule has 3 amide bonds. The lowest BCUT2D eigenvalue weighted by Gasteiger charge is -2.16. The summed E-state index contributed by atoms with van der Waals surface area (Å²) >= 11 is 0. The number of rotatable bonds is 7. The van der Waals surface area contributed by atoms with Crippen molar-refractivity contribution >= 4 is 29.5 Å². The first kappa shape index (κ1) is 19.5. The standard InChI is InChI=1S/C21H21N3O4/c25-12-11-16(13-15-7-3-1-4-8-15)20(27)23-22-18-14-19(26)24(21(18)28)17-9-5-2-6-10-17/h1-10,13,18,22,25H,11-12,14H2,(H,23,27)/b16-13+. The summed E-state index contributed by atoms with van der Waals surface area (Å²) in [5.74, 6) is -1.22. The average molecular weight is 379 g/mol. The third-order valence-electron chi connectivity index (χ3n) is 4.33. The molecule has 1 unspecified atom stereocenters. The highest BCUT2D eigenvalue weighted by atomic mass is 16.3. The number of hydrogen-bond donors (Lipinski definition) is 3. The van der Waals surface area contributed by atoms with E-state index in [4.69, 9.17) is 0 Å². The van der Waals surface area contributed by atoms with Crippen LogP contribution in [0.1, 0.15) is 18.4 Å². The molecule has 7 nitrogen and oxygen atoms in total. The fourth-order valence-electron chi connectivity index (χ4n) is 2.95. The van der Waals surface area contributed by atoms with Crippen molar-refractivity contribution in [3.63, 3.8) is 0 Å². The molecule has 0 spiro atoms. The van der Waals surface area contributed by atoms with E-state index < -0.39 is 17.9 Å². The van der Waals surface area contributed by atoms with Gasteiger partial charge in [0.2, 0.25) is 5.91 Å². The van der Waals surface area contributed by atoms with E-state index in [0.29, 0.717) is 11.3 Å². The smallest absolute Gasteiger partial charge is 0.261 e. The highest BCUT2D eigenvalue weighted by Crippen LogP contribution is 2.22. The highest BCUT2D eigenvalue weighted by Gasteiger charge is 2.39. The zero-order chi connectivity index (χ0) is 19.9. The van der Waals surface area contributed by atoms with Gasteiger partial charge in [-0.1, -0.05) is 48.5 Å². The molecule has 3 rings (SSSR count). The Morgan fingerprint density at radius 2 is 1.71 bits per heavy atom. The van der Waals surface area contributed by atoms with Crippen LogP contribution < -0.4 is 15.8 Å². The van der Waals surface area contributed by atoms with Gasteiger partial charge >= 0.3 is 0 Å². The molecule has 28 heavy (non-hydrogen) atoms. The second-order valence-corrected chi connectivity index (χ2v) is 6.31. The molecule has 2 aromatic rings. The number of carbonyl (C=O) groups is 3. The Bertz CT molecular complexity index is 881. The number of nitrogens with one attached hydrogen (secondary N) is 2. The van der Waals surface area contributed by atoms with Gasteiger partial charge in [0.15, 0.2) is 0 Å². The summed E-state index contributed by atoms with van der Waals surface area (Å²) in [5, 5.41) is 9.23. The summed E-state index contributed by atoms with van der Waals surface area (Å²) in [4.78, 5) is 38.4. The molecule has 1 heterocycles. The van der Waals surface area contributed by atoms with Crippen LogP contribution in [-0.4, -0.2) is 35.5 Å². The zero-order valence-corrected chi connectivity index (χ0v) is 15.2. The van der Waals surface area contributed by atoms with E-state index in [-0.39, 0.29) is 25.4 Å². The van der Waals surface area contributed by atoms with Gasteiger partial charge in [-0.15, -0.1) is 0 Å².